The highest BCUT2D eigenvalue weighted by atomic mass is 32.2. The molecule has 0 saturated heterocycles. The van der Waals surface area contributed by atoms with Crippen LogP contribution < -0.4 is 5.32 Å². The molecule has 1 aliphatic rings. The number of nitrogens with one attached hydrogen (secondary N) is 1. The Bertz CT molecular complexity index is 420. The summed E-state index contributed by atoms with van der Waals surface area (Å²) < 4.78 is 0. The van der Waals surface area contributed by atoms with Gasteiger partial charge in [0, 0.05) is 17.0 Å². The summed E-state index contributed by atoms with van der Waals surface area (Å²) in [7, 11) is 0. The molecule has 0 spiro atoms. The van der Waals surface area contributed by atoms with Crippen LogP contribution in [0.5, 0.6) is 0 Å². The Labute approximate surface area is 116 Å². The first-order valence-electron chi connectivity index (χ1n) is 6.91. The van der Waals surface area contributed by atoms with Crippen LogP contribution in [0, 0.1) is 0 Å². The van der Waals surface area contributed by atoms with E-state index in [0.29, 0.717) is 11.3 Å². The zero-order valence-corrected chi connectivity index (χ0v) is 13.0. The number of hydrogen-bond donors (Lipinski definition) is 1. The summed E-state index contributed by atoms with van der Waals surface area (Å²) in [6.07, 6.45) is 0. The minimum atomic E-state index is 0.236. The van der Waals surface area contributed by atoms with E-state index in [1.165, 1.54) is 16.7 Å². The molecule has 0 saturated carbocycles. The molecular formula is C16H25NS. The highest BCUT2D eigenvalue weighted by Crippen LogP contribution is 2.39. The summed E-state index contributed by atoms with van der Waals surface area (Å²) in [5.41, 5.74) is 4.72. The van der Waals surface area contributed by atoms with Crippen LogP contribution in [0.15, 0.2) is 18.2 Å². The van der Waals surface area contributed by atoms with E-state index in [1.54, 1.807) is 0 Å². The van der Waals surface area contributed by atoms with Crippen LogP contribution in [0.4, 0.5) is 0 Å². The van der Waals surface area contributed by atoms with E-state index in [-0.39, 0.29) is 5.41 Å². The number of benzene rings is 1. The smallest absolute Gasteiger partial charge is 0.0441 e. The van der Waals surface area contributed by atoms with Crippen molar-refractivity contribution in [3.05, 3.63) is 34.9 Å². The first-order chi connectivity index (χ1) is 8.43. The maximum absolute atomic E-state index is 3.65. The standard InChI is InChI=1S/C16H25NS/c1-6-17-15-11(2)18-10-12-7-8-13(9-14(12)15)16(3,4)5/h7-9,11,15,17H,6,10H2,1-5H3. The Morgan fingerprint density at radius 3 is 2.67 bits per heavy atom. The Hall–Kier alpha value is -0.470. The molecule has 0 bridgehead atoms. The third kappa shape index (κ3) is 2.75. The van der Waals surface area contributed by atoms with Crippen molar-refractivity contribution in [2.75, 3.05) is 6.54 Å². The van der Waals surface area contributed by atoms with E-state index in [4.69, 9.17) is 0 Å². The third-order valence-corrected chi connectivity index (χ3v) is 5.02. The fourth-order valence-corrected chi connectivity index (χ4v) is 3.69. The van der Waals surface area contributed by atoms with Crippen LogP contribution in [0.3, 0.4) is 0 Å². The second-order valence-electron chi connectivity index (χ2n) is 6.22. The summed E-state index contributed by atoms with van der Waals surface area (Å²) in [6, 6.07) is 7.57. The lowest BCUT2D eigenvalue weighted by molar-refractivity contribution is 0.534. The average molecular weight is 263 g/mol. The highest BCUT2D eigenvalue weighted by Gasteiger charge is 2.27. The normalized spacial score (nSPS) is 23.8. The molecule has 1 nitrogen and oxygen atoms in total. The molecule has 0 fully saturated rings. The van der Waals surface area contributed by atoms with Crippen LogP contribution in [-0.4, -0.2) is 11.8 Å². The molecule has 100 valence electrons. The molecule has 1 aromatic carbocycles. The quantitative estimate of drug-likeness (QED) is 0.855. The summed E-state index contributed by atoms with van der Waals surface area (Å²) in [6.45, 7) is 12.4. The van der Waals surface area contributed by atoms with Gasteiger partial charge in [-0.1, -0.05) is 52.8 Å². The zero-order valence-electron chi connectivity index (χ0n) is 12.2. The van der Waals surface area contributed by atoms with Crippen LogP contribution in [0.2, 0.25) is 0 Å². The van der Waals surface area contributed by atoms with Gasteiger partial charge in [-0.15, -0.1) is 0 Å². The lowest BCUT2D eigenvalue weighted by atomic mass is 9.83. The monoisotopic (exact) mass is 263 g/mol. The predicted octanol–water partition coefficient (Wildman–Crippen LogP) is 4.27. The number of hydrogen-bond acceptors (Lipinski definition) is 2. The van der Waals surface area contributed by atoms with E-state index in [2.05, 4.69) is 69.9 Å². The molecule has 2 heteroatoms. The third-order valence-electron chi connectivity index (χ3n) is 3.74. The molecule has 0 amide bonds. The molecule has 0 aliphatic carbocycles. The highest BCUT2D eigenvalue weighted by molar-refractivity contribution is 7.99. The maximum atomic E-state index is 3.65. The second kappa shape index (κ2) is 5.26. The molecule has 1 heterocycles. The van der Waals surface area contributed by atoms with E-state index in [0.717, 1.165) is 12.3 Å². The predicted molar refractivity (Wildman–Crippen MR) is 82.3 cm³/mol. The molecule has 18 heavy (non-hydrogen) atoms. The summed E-state index contributed by atoms with van der Waals surface area (Å²) >= 11 is 2.06. The van der Waals surface area contributed by atoms with Gasteiger partial charge in [0.1, 0.15) is 0 Å². The molecule has 1 N–H and O–H groups in total. The van der Waals surface area contributed by atoms with Crippen LogP contribution in [0.25, 0.3) is 0 Å². The van der Waals surface area contributed by atoms with Crippen LogP contribution in [0.1, 0.15) is 57.4 Å². The molecule has 1 aromatic rings. The van der Waals surface area contributed by atoms with Crippen molar-refractivity contribution < 1.29 is 0 Å². The number of thioether (sulfide) groups is 1. The van der Waals surface area contributed by atoms with Gasteiger partial charge in [0.25, 0.3) is 0 Å². The van der Waals surface area contributed by atoms with Crippen molar-refractivity contribution in [3.8, 4) is 0 Å². The van der Waals surface area contributed by atoms with Gasteiger partial charge < -0.3 is 5.32 Å². The lowest BCUT2D eigenvalue weighted by Crippen LogP contribution is -2.32. The van der Waals surface area contributed by atoms with Crippen molar-refractivity contribution in [2.45, 2.75) is 57.1 Å². The van der Waals surface area contributed by atoms with Gasteiger partial charge in [-0.2, -0.15) is 11.8 Å². The molecule has 2 rings (SSSR count). The van der Waals surface area contributed by atoms with Gasteiger partial charge in [0.15, 0.2) is 0 Å². The van der Waals surface area contributed by atoms with Crippen molar-refractivity contribution in [1.29, 1.82) is 0 Å². The largest absolute Gasteiger partial charge is 0.309 e. The van der Waals surface area contributed by atoms with E-state index in [9.17, 15) is 0 Å². The van der Waals surface area contributed by atoms with E-state index >= 15 is 0 Å². The Balaban J connectivity index is 2.42. The Morgan fingerprint density at radius 1 is 1.33 bits per heavy atom. The zero-order chi connectivity index (χ0) is 13.3. The van der Waals surface area contributed by atoms with Crippen molar-refractivity contribution in [1.82, 2.24) is 5.32 Å². The van der Waals surface area contributed by atoms with Crippen molar-refractivity contribution in [3.63, 3.8) is 0 Å². The van der Waals surface area contributed by atoms with Crippen molar-refractivity contribution >= 4 is 11.8 Å². The first kappa shape index (κ1) is 14.0. The molecule has 0 aromatic heterocycles. The van der Waals surface area contributed by atoms with Gasteiger partial charge in [0.05, 0.1) is 0 Å². The molecule has 2 unspecified atom stereocenters. The minimum Gasteiger partial charge on any atom is -0.309 e. The van der Waals surface area contributed by atoms with Gasteiger partial charge in [-0.25, -0.2) is 0 Å². The van der Waals surface area contributed by atoms with Gasteiger partial charge >= 0.3 is 0 Å². The summed E-state index contributed by atoms with van der Waals surface area (Å²) in [5.74, 6) is 1.16. The van der Waals surface area contributed by atoms with Gasteiger partial charge in [-0.05, 0) is 28.7 Å². The second-order valence-corrected chi connectivity index (χ2v) is 7.58. The minimum absolute atomic E-state index is 0.236. The fourth-order valence-electron chi connectivity index (χ4n) is 2.55. The SMILES string of the molecule is CCNC1c2cc(C(C)(C)C)ccc2CSC1C. The molecular weight excluding hydrogens is 238 g/mol. The van der Waals surface area contributed by atoms with E-state index in [1.807, 2.05) is 0 Å². The molecule has 1 aliphatic heterocycles. The topological polar surface area (TPSA) is 12.0 Å². The van der Waals surface area contributed by atoms with Crippen LogP contribution >= 0.6 is 11.8 Å². The number of rotatable bonds is 2. The molecule has 0 radical (unpaired) electrons. The Kier molecular flexibility index (Phi) is 4.08. The fraction of sp³-hybridized carbons (Fsp3) is 0.625. The summed E-state index contributed by atoms with van der Waals surface area (Å²) in [5, 5.41) is 4.31. The number of fused-ring (bicyclic) bond motifs is 1. The van der Waals surface area contributed by atoms with E-state index < -0.39 is 0 Å². The van der Waals surface area contributed by atoms with Gasteiger partial charge in [0.2, 0.25) is 0 Å². The maximum Gasteiger partial charge on any atom is 0.0441 e. The summed E-state index contributed by atoms with van der Waals surface area (Å²) in [4.78, 5) is 0. The molecule has 2 atom stereocenters. The van der Waals surface area contributed by atoms with Gasteiger partial charge in [-0.3, -0.25) is 0 Å². The average Bonchev–Trinajstić information content (AvgIpc) is 2.31. The van der Waals surface area contributed by atoms with Crippen molar-refractivity contribution in [2.24, 2.45) is 0 Å². The van der Waals surface area contributed by atoms with Crippen LogP contribution in [-0.2, 0) is 11.2 Å². The first-order valence-corrected chi connectivity index (χ1v) is 7.96. The lowest BCUT2D eigenvalue weighted by Gasteiger charge is -2.33. The Morgan fingerprint density at radius 2 is 2.06 bits per heavy atom.